The van der Waals surface area contributed by atoms with Crippen molar-refractivity contribution in [1.82, 2.24) is 19.7 Å². The lowest BCUT2D eigenvalue weighted by molar-refractivity contribution is -0.141. The molecule has 2 atom stereocenters. The molecule has 1 N–H and O–H groups in total. The molecule has 154 valence electrons. The van der Waals surface area contributed by atoms with E-state index in [-0.39, 0.29) is 17.7 Å². The standard InChI is InChI=1S/C23H30N4O2/c1-25-13-18-14-27(16-23(18,15-25)22(29)26-10-4-5-11-26)21(28)9-8-17-12-24-20-7-3-2-6-19(17)20/h2-3,6-7,12,18,24H,4-5,8-11,13-16H2,1H3/t18-,23-/m0/s1. The third kappa shape index (κ3) is 3.14. The first-order chi connectivity index (χ1) is 14.1. The summed E-state index contributed by atoms with van der Waals surface area (Å²) in [7, 11) is 2.10. The first-order valence-corrected chi connectivity index (χ1v) is 10.9. The molecule has 2 amide bonds. The summed E-state index contributed by atoms with van der Waals surface area (Å²) in [6, 6.07) is 8.22. The number of amides is 2. The average molecular weight is 395 g/mol. The maximum absolute atomic E-state index is 13.4. The van der Waals surface area contributed by atoms with E-state index in [2.05, 4.69) is 29.1 Å². The topological polar surface area (TPSA) is 59.7 Å². The van der Waals surface area contributed by atoms with E-state index in [1.807, 2.05) is 28.1 Å². The lowest BCUT2D eigenvalue weighted by atomic mass is 9.79. The van der Waals surface area contributed by atoms with Crippen molar-refractivity contribution in [1.29, 1.82) is 0 Å². The van der Waals surface area contributed by atoms with Crippen LogP contribution in [0.25, 0.3) is 10.9 Å². The van der Waals surface area contributed by atoms with Gasteiger partial charge in [-0.2, -0.15) is 0 Å². The number of carbonyl (C=O) groups excluding carboxylic acids is 2. The fourth-order valence-electron chi connectivity index (χ4n) is 5.78. The second kappa shape index (κ2) is 7.17. The molecule has 4 heterocycles. The molecule has 0 saturated carbocycles. The number of carbonyl (C=O) groups is 2. The summed E-state index contributed by atoms with van der Waals surface area (Å²) in [5.74, 6) is 0.731. The molecule has 0 spiro atoms. The predicted molar refractivity (Wildman–Crippen MR) is 112 cm³/mol. The van der Waals surface area contributed by atoms with E-state index in [4.69, 9.17) is 0 Å². The Morgan fingerprint density at radius 3 is 2.72 bits per heavy atom. The highest BCUT2D eigenvalue weighted by Gasteiger charge is 2.58. The van der Waals surface area contributed by atoms with E-state index in [0.29, 0.717) is 13.0 Å². The number of nitrogens with one attached hydrogen (secondary N) is 1. The molecule has 3 aliphatic rings. The van der Waals surface area contributed by atoms with Crippen LogP contribution in [0.3, 0.4) is 0 Å². The van der Waals surface area contributed by atoms with E-state index in [0.717, 1.165) is 57.5 Å². The van der Waals surface area contributed by atoms with Crippen molar-refractivity contribution in [3.05, 3.63) is 36.0 Å². The Bertz CT molecular complexity index is 932. The number of aromatic nitrogens is 1. The predicted octanol–water partition coefficient (Wildman–Crippen LogP) is 2.11. The molecule has 29 heavy (non-hydrogen) atoms. The lowest BCUT2D eigenvalue weighted by Gasteiger charge is -2.32. The van der Waals surface area contributed by atoms with Gasteiger partial charge in [0.15, 0.2) is 0 Å². The first-order valence-electron chi connectivity index (χ1n) is 10.9. The van der Waals surface area contributed by atoms with Crippen LogP contribution in [0, 0.1) is 11.3 Å². The third-order valence-electron chi connectivity index (χ3n) is 7.23. The van der Waals surface area contributed by atoms with Crippen LogP contribution in [0.15, 0.2) is 30.5 Å². The van der Waals surface area contributed by atoms with Gasteiger partial charge in [-0.05, 0) is 37.9 Å². The summed E-state index contributed by atoms with van der Waals surface area (Å²) in [6.45, 7) is 4.75. The van der Waals surface area contributed by atoms with Gasteiger partial charge in [0.25, 0.3) is 0 Å². The second-order valence-corrected chi connectivity index (χ2v) is 9.18. The zero-order chi connectivity index (χ0) is 20.0. The van der Waals surface area contributed by atoms with Gasteiger partial charge in [-0.15, -0.1) is 0 Å². The smallest absolute Gasteiger partial charge is 0.232 e. The van der Waals surface area contributed by atoms with Gasteiger partial charge in [0.2, 0.25) is 11.8 Å². The van der Waals surface area contributed by atoms with Crippen LogP contribution in [-0.4, -0.2) is 77.8 Å². The number of likely N-dealkylation sites (tertiary alicyclic amines) is 3. The second-order valence-electron chi connectivity index (χ2n) is 9.18. The number of rotatable bonds is 4. The Hall–Kier alpha value is -2.34. The Kier molecular flexibility index (Phi) is 4.62. The molecule has 3 aliphatic heterocycles. The van der Waals surface area contributed by atoms with Crippen LogP contribution < -0.4 is 0 Å². The molecule has 3 saturated heterocycles. The van der Waals surface area contributed by atoms with Gasteiger partial charge in [0, 0.05) is 68.7 Å². The number of nitrogens with zero attached hydrogens (tertiary/aromatic N) is 3. The van der Waals surface area contributed by atoms with Gasteiger partial charge in [-0.1, -0.05) is 18.2 Å². The van der Waals surface area contributed by atoms with Crippen molar-refractivity contribution in [3.63, 3.8) is 0 Å². The van der Waals surface area contributed by atoms with E-state index in [9.17, 15) is 9.59 Å². The third-order valence-corrected chi connectivity index (χ3v) is 7.23. The number of fused-ring (bicyclic) bond motifs is 2. The molecule has 0 unspecified atom stereocenters. The Balaban J connectivity index is 1.28. The van der Waals surface area contributed by atoms with Gasteiger partial charge in [-0.3, -0.25) is 9.59 Å². The molecule has 2 aromatic rings. The number of hydrogen-bond donors (Lipinski definition) is 1. The van der Waals surface area contributed by atoms with Crippen molar-refractivity contribution in [2.45, 2.75) is 25.7 Å². The fraction of sp³-hybridized carbons (Fsp3) is 0.565. The summed E-state index contributed by atoms with van der Waals surface area (Å²) in [4.78, 5) is 36.0. The fourth-order valence-corrected chi connectivity index (χ4v) is 5.78. The number of para-hydroxylation sites is 1. The molecule has 3 fully saturated rings. The number of hydrogen-bond acceptors (Lipinski definition) is 3. The number of H-pyrrole nitrogens is 1. The molecule has 5 rings (SSSR count). The van der Waals surface area contributed by atoms with Gasteiger partial charge < -0.3 is 19.7 Å². The van der Waals surface area contributed by atoms with Crippen LogP contribution in [0.5, 0.6) is 0 Å². The number of aromatic amines is 1. The van der Waals surface area contributed by atoms with Crippen molar-refractivity contribution in [2.75, 3.05) is 46.3 Å². The maximum atomic E-state index is 13.4. The molecule has 6 heteroatoms. The van der Waals surface area contributed by atoms with Crippen molar-refractivity contribution in [3.8, 4) is 0 Å². The van der Waals surface area contributed by atoms with E-state index in [1.54, 1.807) is 0 Å². The Morgan fingerprint density at radius 1 is 1.10 bits per heavy atom. The molecular formula is C23H30N4O2. The van der Waals surface area contributed by atoms with Crippen molar-refractivity contribution < 1.29 is 9.59 Å². The quantitative estimate of drug-likeness (QED) is 0.864. The molecule has 1 aromatic heterocycles. The van der Waals surface area contributed by atoms with Crippen LogP contribution in [0.4, 0.5) is 0 Å². The van der Waals surface area contributed by atoms with Gasteiger partial charge >= 0.3 is 0 Å². The zero-order valence-electron chi connectivity index (χ0n) is 17.2. The Morgan fingerprint density at radius 2 is 1.90 bits per heavy atom. The normalized spacial score (nSPS) is 27.1. The lowest BCUT2D eigenvalue weighted by Crippen LogP contribution is -2.49. The van der Waals surface area contributed by atoms with Crippen LogP contribution in [-0.2, 0) is 16.0 Å². The van der Waals surface area contributed by atoms with Gasteiger partial charge in [0.1, 0.15) is 0 Å². The Labute approximate surface area is 171 Å². The molecule has 0 bridgehead atoms. The highest BCUT2D eigenvalue weighted by molar-refractivity contribution is 5.87. The van der Waals surface area contributed by atoms with Gasteiger partial charge in [-0.25, -0.2) is 0 Å². The molecule has 1 aromatic carbocycles. The first kappa shape index (κ1) is 18.7. The molecular weight excluding hydrogens is 364 g/mol. The van der Waals surface area contributed by atoms with Crippen LogP contribution in [0.2, 0.25) is 0 Å². The summed E-state index contributed by atoms with van der Waals surface area (Å²) in [5.41, 5.74) is 1.91. The van der Waals surface area contributed by atoms with Crippen molar-refractivity contribution >= 4 is 22.7 Å². The monoisotopic (exact) mass is 394 g/mol. The van der Waals surface area contributed by atoms with Crippen LogP contribution >= 0.6 is 0 Å². The summed E-state index contributed by atoms with van der Waals surface area (Å²) in [5, 5.41) is 1.20. The summed E-state index contributed by atoms with van der Waals surface area (Å²) < 4.78 is 0. The summed E-state index contributed by atoms with van der Waals surface area (Å²) >= 11 is 0. The van der Waals surface area contributed by atoms with E-state index >= 15 is 0 Å². The number of benzene rings is 1. The number of aryl methyl sites for hydroxylation is 1. The minimum absolute atomic E-state index is 0.181. The van der Waals surface area contributed by atoms with Crippen LogP contribution in [0.1, 0.15) is 24.8 Å². The van der Waals surface area contributed by atoms with E-state index in [1.165, 1.54) is 10.9 Å². The van der Waals surface area contributed by atoms with Gasteiger partial charge in [0.05, 0.1) is 5.41 Å². The van der Waals surface area contributed by atoms with E-state index < -0.39 is 5.41 Å². The SMILES string of the molecule is CN1C[C@H]2CN(C(=O)CCc3c[nH]c4ccccc34)C[C@@]2(C(=O)N2CCCC2)C1. The highest BCUT2D eigenvalue weighted by Crippen LogP contribution is 2.44. The maximum Gasteiger partial charge on any atom is 0.232 e. The largest absolute Gasteiger partial charge is 0.361 e. The minimum Gasteiger partial charge on any atom is -0.361 e. The average Bonchev–Trinajstić information content (AvgIpc) is 3.48. The zero-order valence-corrected chi connectivity index (χ0v) is 17.2. The highest BCUT2D eigenvalue weighted by atomic mass is 16.2. The molecule has 0 radical (unpaired) electrons. The molecule has 6 nitrogen and oxygen atoms in total. The molecule has 0 aliphatic carbocycles. The summed E-state index contributed by atoms with van der Waals surface area (Å²) in [6.07, 6.45) is 5.46. The van der Waals surface area contributed by atoms with Crippen molar-refractivity contribution in [2.24, 2.45) is 11.3 Å². The minimum atomic E-state index is -0.393.